The molecule has 2 aromatic carbocycles. The fourth-order valence-corrected chi connectivity index (χ4v) is 2.02. The Bertz CT molecular complexity index is 563. The van der Waals surface area contributed by atoms with E-state index in [1.807, 2.05) is 24.3 Å². The third-order valence-corrected chi connectivity index (χ3v) is 3.27. The highest BCUT2D eigenvalue weighted by atomic mass is 35.5. The minimum Gasteiger partial charge on any atom is -0.324 e. The van der Waals surface area contributed by atoms with Crippen LogP contribution in [0.1, 0.15) is 18.1 Å². The summed E-state index contributed by atoms with van der Waals surface area (Å²) in [6.45, 7) is 2.11. The highest BCUT2D eigenvalue weighted by molar-refractivity contribution is 6.33. The van der Waals surface area contributed by atoms with E-state index < -0.39 is 0 Å². The molecule has 0 unspecified atom stereocenters. The topological polar surface area (TPSA) is 29.1 Å². The van der Waals surface area contributed by atoms with Gasteiger partial charge in [-0.2, -0.15) is 0 Å². The molecule has 0 atom stereocenters. The number of aryl methyl sites for hydroxylation is 1. The first-order chi connectivity index (χ1) is 9.19. The maximum atomic E-state index is 11.9. The highest BCUT2D eigenvalue weighted by Gasteiger charge is 2.06. The molecule has 3 heteroatoms. The van der Waals surface area contributed by atoms with E-state index in [2.05, 4.69) is 24.4 Å². The Morgan fingerprint density at radius 1 is 1.05 bits per heavy atom. The summed E-state index contributed by atoms with van der Waals surface area (Å²) in [6.07, 6.45) is 1.36. The van der Waals surface area contributed by atoms with Crippen LogP contribution in [0.5, 0.6) is 0 Å². The van der Waals surface area contributed by atoms with Crippen LogP contribution in [0.2, 0.25) is 5.02 Å². The molecule has 98 valence electrons. The molecule has 0 bridgehead atoms. The van der Waals surface area contributed by atoms with Gasteiger partial charge in [-0.3, -0.25) is 4.79 Å². The van der Waals surface area contributed by atoms with Gasteiger partial charge in [-0.1, -0.05) is 54.9 Å². The minimum absolute atomic E-state index is 0.0580. The second-order valence-corrected chi connectivity index (χ2v) is 4.78. The van der Waals surface area contributed by atoms with E-state index in [0.29, 0.717) is 17.1 Å². The molecule has 0 saturated carbocycles. The zero-order chi connectivity index (χ0) is 13.7. The molecular weight excluding hydrogens is 258 g/mol. The quantitative estimate of drug-likeness (QED) is 0.893. The van der Waals surface area contributed by atoms with Crippen LogP contribution in [-0.4, -0.2) is 5.91 Å². The van der Waals surface area contributed by atoms with Crippen molar-refractivity contribution in [2.24, 2.45) is 0 Å². The largest absolute Gasteiger partial charge is 0.324 e. The van der Waals surface area contributed by atoms with Crippen LogP contribution in [0.25, 0.3) is 0 Å². The Morgan fingerprint density at radius 3 is 2.32 bits per heavy atom. The zero-order valence-electron chi connectivity index (χ0n) is 10.8. The van der Waals surface area contributed by atoms with Crippen LogP contribution in [0.4, 0.5) is 5.69 Å². The van der Waals surface area contributed by atoms with Gasteiger partial charge in [0.05, 0.1) is 17.1 Å². The minimum atomic E-state index is -0.0580. The number of anilines is 1. The normalized spacial score (nSPS) is 10.2. The lowest BCUT2D eigenvalue weighted by atomic mass is 10.1. The van der Waals surface area contributed by atoms with E-state index in [-0.39, 0.29) is 5.91 Å². The summed E-state index contributed by atoms with van der Waals surface area (Å²) in [4.78, 5) is 11.9. The molecule has 2 nitrogen and oxygen atoms in total. The predicted octanol–water partition coefficient (Wildman–Crippen LogP) is 4.08. The maximum Gasteiger partial charge on any atom is 0.228 e. The number of carbonyl (C=O) groups excluding carboxylic acids is 1. The van der Waals surface area contributed by atoms with Crippen LogP contribution in [0, 0.1) is 0 Å². The molecule has 0 saturated heterocycles. The summed E-state index contributed by atoms with van der Waals surface area (Å²) in [7, 11) is 0. The van der Waals surface area contributed by atoms with Gasteiger partial charge in [0.2, 0.25) is 5.91 Å². The van der Waals surface area contributed by atoms with Crippen LogP contribution in [0.15, 0.2) is 48.5 Å². The number of rotatable bonds is 4. The molecular formula is C16H16ClNO. The average molecular weight is 274 g/mol. The molecule has 0 aromatic heterocycles. The average Bonchev–Trinajstić information content (AvgIpc) is 2.42. The van der Waals surface area contributed by atoms with E-state index in [9.17, 15) is 4.79 Å². The number of hydrogen-bond acceptors (Lipinski definition) is 1. The first kappa shape index (κ1) is 13.6. The number of para-hydroxylation sites is 1. The smallest absolute Gasteiger partial charge is 0.228 e. The molecule has 1 N–H and O–H groups in total. The Balaban J connectivity index is 1.99. The fraction of sp³-hybridized carbons (Fsp3) is 0.188. The number of hydrogen-bond donors (Lipinski definition) is 1. The summed E-state index contributed by atoms with van der Waals surface area (Å²) < 4.78 is 0. The summed E-state index contributed by atoms with van der Waals surface area (Å²) in [6, 6.07) is 15.3. The van der Waals surface area contributed by atoms with E-state index in [1.54, 1.807) is 12.1 Å². The van der Waals surface area contributed by atoms with Crippen LogP contribution in [0.3, 0.4) is 0 Å². The van der Waals surface area contributed by atoms with Crippen molar-refractivity contribution in [3.63, 3.8) is 0 Å². The number of amides is 1. The van der Waals surface area contributed by atoms with E-state index in [4.69, 9.17) is 11.6 Å². The van der Waals surface area contributed by atoms with Gasteiger partial charge >= 0.3 is 0 Å². The van der Waals surface area contributed by atoms with E-state index in [0.717, 1.165) is 12.0 Å². The van der Waals surface area contributed by atoms with Crippen molar-refractivity contribution in [2.45, 2.75) is 19.8 Å². The van der Waals surface area contributed by atoms with Gasteiger partial charge in [-0.25, -0.2) is 0 Å². The first-order valence-corrected chi connectivity index (χ1v) is 6.69. The number of nitrogens with one attached hydrogen (secondary N) is 1. The van der Waals surface area contributed by atoms with Crippen molar-refractivity contribution in [1.29, 1.82) is 0 Å². The van der Waals surface area contributed by atoms with Crippen LogP contribution >= 0.6 is 11.6 Å². The summed E-state index contributed by atoms with van der Waals surface area (Å²) in [5, 5.41) is 3.37. The predicted molar refractivity (Wildman–Crippen MR) is 79.6 cm³/mol. The Morgan fingerprint density at radius 2 is 1.68 bits per heavy atom. The van der Waals surface area contributed by atoms with Gasteiger partial charge in [0.15, 0.2) is 0 Å². The second kappa shape index (κ2) is 6.39. The van der Waals surface area contributed by atoms with Crippen LogP contribution in [-0.2, 0) is 17.6 Å². The van der Waals surface area contributed by atoms with Gasteiger partial charge in [0.25, 0.3) is 0 Å². The molecule has 0 aliphatic heterocycles. The van der Waals surface area contributed by atoms with Crippen molar-refractivity contribution < 1.29 is 4.79 Å². The summed E-state index contributed by atoms with van der Waals surface area (Å²) >= 11 is 6.00. The maximum absolute atomic E-state index is 11.9. The van der Waals surface area contributed by atoms with Gasteiger partial charge in [0.1, 0.15) is 0 Å². The third kappa shape index (κ3) is 3.83. The van der Waals surface area contributed by atoms with Crippen molar-refractivity contribution in [1.82, 2.24) is 0 Å². The molecule has 0 aliphatic carbocycles. The summed E-state index contributed by atoms with van der Waals surface area (Å²) in [5.41, 5.74) is 2.93. The molecule has 2 aromatic rings. The highest BCUT2D eigenvalue weighted by Crippen LogP contribution is 2.20. The van der Waals surface area contributed by atoms with E-state index >= 15 is 0 Å². The standard InChI is InChI=1S/C16H16ClNO/c1-2-12-7-9-13(10-8-12)11-16(19)18-15-6-4-3-5-14(15)17/h3-10H,2,11H2,1H3,(H,18,19). The second-order valence-electron chi connectivity index (χ2n) is 4.37. The molecule has 0 heterocycles. The zero-order valence-corrected chi connectivity index (χ0v) is 11.6. The van der Waals surface area contributed by atoms with Gasteiger partial charge in [0, 0.05) is 0 Å². The molecule has 0 aliphatic rings. The number of benzene rings is 2. The Labute approximate surface area is 118 Å². The number of carbonyl (C=O) groups is 1. The lowest BCUT2D eigenvalue weighted by Gasteiger charge is -2.07. The van der Waals surface area contributed by atoms with Crippen molar-refractivity contribution in [2.75, 3.05) is 5.32 Å². The Kier molecular flexibility index (Phi) is 4.58. The molecule has 0 radical (unpaired) electrons. The van der Waals surface area contributed by atoms with Gasteiger partial charge < -0.3 is 5.32 Å². The van der Waals surface area contributed by atoms with Gasteiger partial charge in [-0.05, 0) is 29.7 Å². The monoisotopic (exact) mass is 273 g/mol. The molecule has 0 spiro atoms. The molecule has 19 heavy (non-hydrogen) atoms. The summed E-state index contributed by atoms with van der Waals surface area (Å²) in [5.74, 6) is -0.0580. The Hall–Kier alpha value is -1.80. The molecule has 2 rings (SSSR count). The first-order valence-electron chi connectivity index (χ1n) is 6.31. The lowest BCUT2D eigenvalue weighted by Crippen LogP contribution is -2.14. The lowest BCUT2D eigenvalue weighted by molar-refractivity contribution is -0.115. The molecule has 0 fully saturated rings. The fourth-order valence-electron chi connectivity index (χ4n) is 1.84. The number of halogens is 1. The van der Waals surface area contributed by atoms with Crippen molar-refractivity contribution in [3.8, 4) is 0 Å². The van der Waals surface area contributed by atoms with E-state index in [1.165, 1.54) is 5.56 Å². The molecule has 1 amide bonds. The van der Waals surface area contributed by atoms with Crippen molar-refractivity contribution >= 4 is 23.2 Å². The SMILES string of the molecule is CCc1ccc(CC(=O)Nc2ccccc2Cl)cc1. The third-order valence-electron chi connectivity index (χ3n) is 2.94. The van der Waals surface area contributed by atoms with Gasteiger partial charge in [-0.15, -0.1) is 0 Å². The van der Waals surface area contributed by atoms with Crippen molar-refractivity contribution in [3.05, 3.63) is 64.7 Å². The van der Waals surface area contributed by atoms with Crippen LogP contribution < -0.4 is 5.32 Å².